The first-order chi connectivity index (χ1) is 10.2. The van der Waals surface area contributed by atoms with Gasteiger partial charge in [-0.1, -0.05) is 0 Å². The van der Waals surface area contributed by atoms with E-state index in [1.165, 1.54) is 0 Å². The van der Waals surface area contributed by atoms with Gasteiger partial charge in [0.1, 0.15) is 0 Å². The van der Waals surface area contributed by atoms with Crippen LogP contribution in [0, 0.1) is 0 Å². The summed E-state index contributed by atoms with van der Waals surface area (Å²) < 4.78 is 1.83. The third kappa shape index (κ3) is 3.15. The highest BCUT2D eigenvalue weighted by Gasteiger charge is 2.25. The Bertz CT molecular complexity index is 589. The summed E-state index contributed by atoms with van der Waals surface area (Å²) in [5, 5.41) is 11.2. The van der Waals surface area contributed by atoms with E-state index in [1.54, 1.807) is 12.4 Å². The van der Waals surface area contributed by atoms with Crippen LogP contribution in [-0.2, 0) is 18.3 Å². The summed E-state index contributed by atoms with van der Waals surface area (Å²) in [6.45, 7) is 1.67. The van der Waals surface area contributed by atoms with Crippen molar-refractivity contribution >= 4 is 5.91 Å². The number of aryl methyl sites for hydroxylation is 2. The van der Waals surface area contributed by atoms with E-state index in [2.05, 4.69) is 15.3 Å². The lowest BCUT2D eigenvalue weighted by atomic mass is 9.94. The predicted octanol–water partition coefficient (Wildman–Crippen LogP) is 1.48. The fraction of sp³-hybridized carbons (Fsp3) is 0.533. The zero-order valence-corrected chi connectivity index (χ0v) is 12.3. The van der Waals surface area contributed by atoms with Crippen molar-refractivity contribution in [2.24, 2.45) is 7.05 Å². The van der Waals surface area contributed by atoms with Crippen LogP contribution in [0.3, 0.4) is 0 Å². The highest BCUT2D eigenvalue weighted by molar-refractivity contribution is 5.76. The largest absolute Gasteiger partial charge is 0.342 e. The minimum atomic E-state index is 0.236. The van der Waals surface area contributed by atoms with E-state index in [1.807, 2.05) is 28.8 Å². The van der Waals surface area contributed by atoms with Gasteiger partial charge in [-0.2, -0.15) is 10.2 Å². The van der Waals surface area contributed by atoms with Crippen LogP contribution < -0.4 is 0 Å². The summed E-state index contributed by atoms with van der Waals surface area (Å²) in [6, 6.07) is 3.98. The Morgan fingerprint density at radius 3 is 3.05 bits per heavy atom. The van der Waals surface area contributed by atoms with E-state index < -0.39 is 0 Å². The molecule has 0 aliphatic carbocycles. The molecular formula is C15H21N5O. The van der Waals surface area contributed by atoms with Gasteiger partial charge in [0.25, 0.3) is 0 Å². The lowest BCUT2D eigenvalue weighted by Crippen LogP contribution is -2.39. The number of hydrogen-bond donors (Lipinski definition) is 1. The zero-order chi connectivity index (χ0) is 14.7. The summed E-state index contributed by atoms with van der Waals surface area (Å²) in [4.78, 5) is 14.4. The van der Waals surface area contributed by atoms with Crippen molar-refractivity contribution in [1.29, 1.82) is 0 Å². The van der Waals surface area contributed by atoms with Gasteiger partial charge in [-0.15, -0.1) is 0 Å². The number of nitrogens with one attached hydrogen (secondary N) is 1. The fourth-order valence-corrected chi connectivity index (χ4v) is 2.99. The molecule has 0 spiro atoms. The Hall–Kier alpha value is -2.11. The third-order valence-electron chi connectivity index (χ3n) is 4.25. The Labute approximate surface area is 124 Å². The Balaban J connectivity index is 1.56. The molecule has 2 aromatic rings. The number of hydrogen-bond acceptors (Lipinski definition) is 3. The lowest BCUT2D eigenvalue weighted by Gasteiger charge is -2.32. The molecule has 0 saturated carbocycles. The van der Waals surface area contributed by atoms with Gasteiger partial charge in [-0.05, 0) is 31.4 Å². The van der Waals surface area contributed by atoms with Crippen LogP contribution in [0.5, 0.6) is 0 Å². The molecule has 6 heteroatoms. The highest BCUT2D eigenvalue weighted by Crippen LogP contribution is 2.25. The summed E-state index contributed by atoms with van der Waals surface area (Å²) in [5.74, 6) is 0.627. The van der Waals surface area contributed by atoms with Crippen LogP contribution in [-0.4, -0.2) is 43.9 Å². The van der Waals surface area contributed by atoms with Crippen molar-refractivity contribution in [1.82, 2.24) is 24.9 Å². The topological polar surface area (TPSA) is 66.8 Å². The van der Waals surface area contributed by atoms with Gasteiger partial charge < -0.3 is 4.90 Å². The van der Waals surface area contributed by atoms with E-state index in [0.29, 0.717) is 12.3 Å². The molecule has 1 N–H and O–H groups in total. The fourth-order valence-electron chi connectivity index (χ4n) is 2.99. The van der Waals surface area contributed by atoms with Gasteiger partial charge in [0.15, 0.2) is 0 Å². The van der Waals surface area contributed by atoms with Gasteiger partial charge in [0.2, 0.25) is 5.91 Å². The Morgan fingerprint density at radius 2 is 2.33 bits per heavy atom. The number of rotatable bonds is 4. The van der Waals surface area contributed by atoms with Crippen LogP contribution in [0.4, 0.5) is 0 Å². The molecule has 1 aliphatic heterocycles. The minimum Gasteiger partial charge on any atom is -0.342 e. The zero-order valence-electron chi connectivity index (χ0n) is 12.3. The van der Waals surface area contributed by atoms with E-state index in [0.717, 1.165) is 43.7 Å². The number of carbonyl (C=O) groups is 1. The van der Waals surface area contributed by atoms with Crippen LogP contribution in [0.1, 0.15) is 36.6 Å². The molecule has 1 fully saturated rings. The minimum absolute atomic E-state index is 0.236. The predicted molar refractivity (Wildman–Crippen MR) is 78.7 cm³/mol. The smallest absolute Gasteiger partial charge is 0.222 e. The maximum absolute atomic E-state index is 12.4. The maximum Gasteiger partial charge on any atom is 0.222 e. The molecule has 1 aliphatic rings. The van der Waals surface area contributed by atoms with Gasteiger partial charge in [0.05, 0.1) is 0 Å². The first kappa shape index (κ1) is 13.9. The normalized spacial score (nSPS) is 18.9. The van der Waals surface area contributed by atoms with Crippen LogP contribution >= 0.6 is 0 Å². The van der Waals surface area contributed by atoms with Gasteiger partial charge in [-0.25, -0.2) is 0 Å². The lowest BCUT2D eigenvalue weighted by molar-refractivity contribution is -0.132. The monoisotopic (exact) mass is 287 g/mol. The maximum atomic E-state index is 12.4. The molecule has 21 heavy (non-hydrogen) atoms. The summed E-state index contributed by atoms with van der Waals surface area (Å²) in [6.07, 6.45) is 7.03. The molecule has 0 aromatic carbocycles. The second kappa shape index (κ2) is 6.11. The quantitative estimate of drug-likeness (QED) is 0.926. The van der Waals surface area contributed by atoms with Gasteiger partial charge in [0, 0.05) is 56.3 Å². The van der Waals surface area contributed by atoms with E-state index in [-0.39, 0.29) is 5.91 Å². The standard InChI is InChI=1S/C15H21N5O/c1-19-13(6-9-17-19)4-5-15(21)20-10-2-3-12(11-20)14-7-8-16-18-14/h6-9,12H,2-5,10-11H2,1H3,(H,16,18). The number of amides is 1. The first-order valence-corrected chi connectivity index (χ1v) is 7.48. The van der Waals surface area contributed by atoms with Crippen molar-refractivity contribution in [3.05, 3.63) is 35.9 Å². The van der Waals surface area contributed by atoms with Gasteiger partial charge >= 0.3 is 0 Å². The van der Waals surface area contributed by atoms with Crippen LogP contribution in [0.2, 0.25) is 0 Å². The molecule has 1 amide bonds. The molecule has 1 atom stereocenters. The van der Waals surface area contributed by atoms with E-state index >= 15 is 0 Å². The molecule has 1 saturated heterocycles. The molecule has 0 radical (unpaired) electrons. The first-order valence-electron chi connectivity index (χ1n) is 7.48. The van der Waals surface area contributed by atoms with E-state index in [4.69, 9.17) is 0 Å². The van der Waals surface area contributed by atoms with Crippen LogP contribution in [0.15, 0.2) is 24.5 Å². The van der Waals surface area contributed by atoms with Crippen molar-refractivity contribution < 1.29 is 4.79 Å². The molecule has 6 nitrogen and oxygen atoms in total. The summed E-state index contributed by atoms with van der Waals surface area (Å²) in [7, 11) is 1.91. The molecule has 3 heterocycles. The summed E-state index contributed by atoms with van der Waals surface area (Å²) in [5.41, 5.74) is 2.24. The second-order valence-corrected chi connectivity index (χ2v) is 5.64. The Kier molecular flexibility index (Phi) is 4.03. The molecule has 2 aromatic heterocycles. The molecule has 112 valence electrons. The summed E-state index contributed by atoms with van der Waals surface area (Å²) >= 11 is 0. The van der Waals surface area contributed by atoms with Crippen molar-refractivity contribution in [3.8, 4) is 0 Å². The average molecular weight is 287 g/mol. The van der Waals surface area contributed by atoms with E-state index in [9.17, 15) is 4.79 Å². The number of nitrogens with zero attached hydrogens (tertiary/aromatic N) is 4. The average Bonchev–Trinajstić information content (AvgIpc) is 3.16. The highest BCUT2D eigenvalue weighted by atomic mass is 16.2. The van der Waals surface area contributed by atoms with Gasteiger partial charge in [-0.3, -0.25) is 14.6 Å². The third-order valence-corrected chi connectivity index (χ3v) is 4.25. The molecule has 0 bridgehead atoms. The van der Waals surface area contributed by atoms with Crippen molar-refractivity contribution in [2.45, 2.75) is 31.6 Å². The SMILES string of the molecule is Cn1nccc1CCC(=O)N1CCCC(c2ccn[nH]2)C1. The number of carbonyl (C=O) groups excluding carboxylic acids is 1. The number of H-pyrrole nitrogens is 1. The molecular weight excluding hydrogens is 266 g/mol. The number of likely N-dealkylation sites (tertiary alicyclic amines) is 1. The molecule has 3 rings (SSSR count). The second-order valence-electron chi connectivity index (χ2n) is 5.64. The Morgan fingerprint density at radius 1 is 1.43 bits per heavy atom. The number of piperidine rings is 1. The molecule has 1 unspecified atom stereocenters. The number of aromatic nitrogens is 4. The number of aromatic amines is 1. The van der Waals surface area contributed by atoms with Crippen molar-refractivity contribution in [3.63, 3.8) is 0 Å². The van der Waals surface area contributed by atoms with Crippen LogP contribution in [0.25, 0.3) is 0 Å². The van der Waals surface area contributed by atoms with Crippen molar-refractivity contribution in [2.75, 3.05) is 13.1 Å².